The van der Waals surface area contributed by atoms with Crippen LogP contribution in [0, 0.1) is 5.82 Å². The third-order valence-corrected chi connectivity index (χ3v) is 2.60. The maximum absolute atomic E-state index is 13.7. The van der Waals surface area contributed by atoms with Gasteiger partial charge in [-0.05, 0) is 18.2 Å². The van der Waals surface area contributed by atoms with Gasteiger partial charge in [0.1, 0.15) is 11.9 Å². The van der Waals surface area contributed by atoms with Crippen molar-refractivity contribution in [2.24, 2.45) is 0 Å². The summed E-state index contributed by atoms with van der Waals surface area (Å²) in [4.78, 5) is 11.6. The van der Waals surface area contributed by atoms with Gasteiger partial charge < -0.3 is 9.47 Å². The molecule has 0 spiro atoms. The Balaban J connectivity index is 2.93. The van der Waals surface area contributed by atoms with Crippen LogP contribution in [0.4, 0.5) is 4.39 Å². The van der Waals surface area contributed by atoms with E-state index in [4.69, 9.17) is 16.3 Å². The number of halogens is 2. The molecule has 100 valence electrons. The molecule has 1 aromatic carbocycles. The monoisotopic (exact) mass is 275 g/mol. The number of ether oxygens (including phenoxy) is 2. The fourth-order valence-electron chi connectivity index (χ4n) is 1.48. The van der Waals surface area contributed by atoms with Crippen molar-refractivity contribution in [3.05, 3.63) is 34.6 Å². The van der Waals surface area contributed by atoms with Gasteiger partial charge in [0.25, 0.3) is 0 Å². The van der Waals surface area contributed by atoms with E-state index in [0.29, 0.717) is 18.2 Å². The number of esters is 1. The predicted molar refractivity (Wildman–Crippen MR) is 66.0 cm³/mol. The van der Waals surface area contributed by atoms with Crippen molar-refractivity contribution >= 4 is 17.6 Å². The Morgan fingerprint density at radius 2 is 2.22 bits per heavy atom. The van der Waals surface area contributed by atoms with Crippen molar-refractivity contribution in [2.45, 2.75) is 6.04 Å². The first-order valence-corrected chi connectivity index (χ1v) is 5.73. The van der Waals surface area contributed by atoms with Gasteiger partial charge in [-0.15, -0.1) is 0 Å². The SMILES string of the molecule is COCCNC(C(=O)OC)c1cc(Cl)ccc1F. The lowest BCUT2D eigenvalue weighted by Gasteiger charge is -2.17. The number of hydrogen-bond donors (Lipinski definition) is 1. The minimum Gasteiger partial charge on any atom is -0.468 e. The summed E-state index contributed by atoms with van der Waals surface area (Å²) in [6.07, 6.45) is 0. The highest BCUT2D eigenvalue weighted by molar-refractivity contribution is 6.30. The van der Waals surface area contributed by atoms with Crippen molar-refractivity contribution in [1.29, 1.82) is 0 Å². The minimum absolute atomic E-state index is 0.158. The second-order valence-corrected chi connectivity index (χ2v) is 4.01. The molecule has 0 aliphatic rings. The number of nitrogens with one attached hydrogen (secondary N) is 1. The predicted octanol–water partition coefficient (Wildman–Crippen LogP) is 1.93. The van der Waals surface area contributed by atoms with Crippen molar-refractivity contribution in [1.82, 2.24) is 5.32 Å². The third kappa shape index (κ3) is 3.94. The molecule has 0 fully saturated rings. The largest absolute Gasteiger partial charge is 0.468 e. The number of benzene rings is 1. The van der Waals surface area contributed by atoms with E-state index >= 15 is 0 Å². The summed E-state index contributed by atoms with van der Waals surface area (Å²) < 4.78 is 23.2. The fourth-order valence-corrected chi connectivity index (χ4v) is 1.66. The summed E-state index contributed by atoms with van der Waals surface area (Å²) in [5, 5.41) is 3.21. The summed E-state index contributed by atoms with van der Waals surface area (Å²) in [7, 11) is 2.78. The van der Waals surface area contributed by atoms with Gasteiger partial charge in [-0.1, -0.05) is 11.6 Å². The Morgan fingerprint density at radius 3 is 2.83 bits per heavy atom. The Morgan fingerprint density at radius 1 is 1.50 bits per heavy atom. The zero-order valence-corrected chi connectivity index (χ0v) is 11.0. The molecule has 0 aromatic heterocycles. The first-order chi connectivity index (χ1) is 8.60. The minimum atomic E-state index is -0.899. The molecule has 1 aromatic rings. The number of carbonyl (C=O) groups excluding carboxylic acids is 1. The molecule has 1 N–H and O–H groups in total. The molecule has 0 bridgehead atoms. The summed E-state index contributed by atoms with van der Waals surface area (Å²) in [6, 6.07) is 3.14. The molecule has 1 rings (SSSR count). The molecule has 0 aliphatic heterocycles. The Hall–Kier alpha value is -1.17. The second kappa shape index (κ2) is 7.31. The molecular formula is C12H15ClFNO3. The average Bonchev–Trinajstić information content (AvgIpc) is 2.37. The van der Waals surface area contributed by atoms with E-state index < -0.39 is 17.8 Å². The maximum Gasteiger partial charge on any atom is 0.327 e. The van der Waals surface area contributed by atoms with Gasteiger partial charge >= 0.3 is 5.97 Å². The molecule has 18 heavy (non-hydrogen) atoms. The molecule has 1 atom stereocenters. The molecule has 0 saturated heterocycles. The Bertz CT molecular complexity index is 414. The van der Waals surface area contributed by atoms with Crippen LogP contribution in [0.5, 0.6) is 0 Å². The lowest BCUT2D eigenvalue weighted by atomic mass is 10.1. The first kappa shape index (κ1) is 14.9. The van der Waals surface area contributed by atoms with E-state index in [9.17, 15) is 9.18 Å². The van der Waals surface area contributed by atoms with E-state index in [0.717, 1.165) is 0 Å². The fraction of sp³-hybridized carbons (Fsp3) is 0.417. The summed E-state index contributed by atoms with van der Waals surface area (Å²) in [5.41, 5.74) is 0.158. The van der Waals surface area contributed by atoms with E-state index in [1.807, 2.05) is 0 Å². The second-order valence-electron chi connectivity index (χ2n) is 3.57. The number of carbonyl (C=O) groups is 1. The first-order valence-electron chi connectivity index (χ1n) is 5.35. The number of rotatable bonds is 6. The summed E-state index contributed by atoms with van der Waals surface area (Å²) in [5.74, 6) is -1.09. The van der Waals surface area contributed by atoms with Gasteiger partial charge in [-0.25, -0.2) is 9.18 Å². The zero-order chi connectivity index (χ0) is 13.5. The van der Waals surface area contributed by atoms with Crippen molar-refractivity contribution < 1.29 is 18.7 Å². The summed E-state index contributed by atoms with van der Waals surface area (Å²) >= 11 is 5.80. The summed E-state index contributed by atoms with van der Waals surface area (Å²) in [6.45, 7) is 0.790. The van der Waals surface area contributed by atoms with Gasteiger partial charge in [0.15, 0.2) is 0 Å². The van der Waals surface area contributed by atoms with Crippen molar-refractivity contribution in [2.75, 3.05) is 27.4 Å². The van der Waals surface area contributed by atoms with Crippen LogP contribution in [-0.2, 0) is 14.3 Å². The number of methoxy groups -OCH3 is 2. The van der Waals surface area contributed by atoms with Crippen LogP contribution in [0.25, 0.3) is 0 Å². The van der Waals surface area contributed by atoms with Crippen molar-refractivity contribution in [3.63, 3.8) is 0 Å². The van der Waals surface area contributed by atoms with Gasteiger partial charge in [-0.3, -0.25) is 5.32 Å². The van der Waals surface area contributed by atoms with Gasteiger partial charge in [0.05, 0.1) is 13.7 Å². The molecule has 0 heterocycles. The van der Waals surface area contributed by atoms with E-state index in [2.05, 4.69) is 10.1 Å². The molecule has 0 saturated carbocycles. The standard InChI is InChI=1S/C12H15ClFNO3/c1-17-6-5-15-11(12(16)18-2)9-7-8(13)3-4-10(9)14/h3-4,7,11,15H,5-6H2,1-2H3. The molecule has 4 nitrogen and oxygen atoms in total. The molecule has 0 radical (unpaired) electrons. The lowest BCUT2D eigenvalue weighted by Crippen LogP contribution is -2.32. The molecular weight excluding hydrogens is 261 g/mol. The van der Waals surface area contributed by atoms with Crippen LogP contribution < -0.4 is 5.32 Å². The van der Waals surface area contributed by atoms with Gasteiger partial charge in [-0.2, -0.15) is 0 Å². The van der Waals surface area contributed by atoms with Crippen LogP contribution in [-0.4, -0.2) is 33.3 Å². The zero-order valence-electron chi connectivity index (χ0n) is 10.2. The Labute approximate surface area is 110 Å². The highest BCUT2D eigenvalue weighted by Crippen LogP contribution is 2.22. The average molecular weight is 276 g/mol. The van der Waals surface area contributed by atoms with Crippen LogP contribution in [0.1, 0.15) is 11.6 Å². The molecule has 6 heteroatoms. The quantitative estimate of drug-likeness (QED) is 0.637. The highest BCUT2D eigenvalue weighted by Gasteiger charge is 2.24. The van der Waals surface area contributed by atoms with E-state index in [-0.39, 0.29) is 5.56 Å². The molecule has 1 unspecified atom stereocenters. The normalized spacial score (nSPS) is 12.2. The van der Waals surface area contributed by atoms with Crippen LogP contribution in [0.15, 0.2) is 18.2 Å². The lowest BCUT2D eigenvalue weighted by molar-refractivity contribution is -0.143. The van der Waals surface area contributed by atoms with Gasteiger partial charge in [0.2, 0.25) is 0 Å². The van der Waals surface area contributed by atoms with E-state index in [1.165, 1.54) is 32.4 Å². The smallest absolute Gasteiger partial charge is 0.327 e. The van der Waals surface area contributed by atoms with E-state index in [1.54, 1.807) is 0 Å². The van der Waals surface area contributed by atoms with Gasteiger partial charge in [0, 0.05) is 24.2 Å². The van der Waals surface area contributed by atoms with Crippen LogP contribution in [0.3, 0.4) is 0 Å². The number of hydrogen-bond acceptors (Lipinski definition) is 4. The molecule has 0 aliphatic carbocycles. The van der Waals surface area contributed by atoms with Crippen molar-refractivity contribution in [3.8, 4) is 0 Å². The molecule has 0 amide bonds. The Kier molecular flexibility index (Phi) is 6.04. The van der Waals surface area contributed by atoms with Crippen LogP contribution >= 0.6 is 11.6 Å². The topological polar surface area (TPSA) is 47.6 Å². The maximum atomic E-state index is 13.7. The van der Waals surface area contributed by atoms with Crippen LogP contribution in [0.2, 0.25) is 5.02 Å². The third-order valence-electron chi connectivity index (χ3n) is 2.36. The highest BCUT2D eigenvalue weighted by atomic mass is 35.5.